The number of nitriles is 1. The maximum Gasteiger partial charge on any atom is 0.142 e. The van der Waals surface area contributed by atoms with Gasteiger partial charge in [-0.15, -0.1) is 0 Å². The monoisotopic (exact) mass is 244 g/mol. The van der Waals surface area contributed by atoms with Gasteiger partial charge in [0.1, 0.15) is 11.8 Å². The molecule has 0 N–H and O–H groups in total. The SMILES string of the molecule is CC(C)CN1CCN(c2ccnc(C#N)c2)CC1. The van der Waals surface area contributed by atoms with E-state index in [0.29, 0.717) is 5.69 Å². The van der Waals surface area contributed by atoms with Gasteiger partial charge >= 0.3 is 0 Å². The molecule has 18 heavy (non-hydrogen) atoms. The summed E-state index contributed by atoms with van der Waals surface area (Å²) in [5.41, 5.74) is 1.61. The van der Waals surface area contributed by atoms with Gasteiger partial charge in [-0.05, 0) is 18.1 Å². The molecule has 1 aliphatic heterocycles. The molecule has 2 rings (SSSR count). The Morgan fingerprint density at radius 1 is 1.33 bits per heavy atom. The van der Waals surface area contributed by atoms with Crippen LogP contribution in [0.25, 0.3) is 0 Å². The average Bonchev–Trinajstić information content (AvgIpc) is 2.39. The predicted octanol–water partition coefficient (Wildman–Crippen LogP) is 1.73. The van der Waals surface area contributed by atoms with Crippen LogP contribution < -0.4 is 4.90 Å². The molecule has 0 aromatic carbocycles. The second-order valence-electron chi connectivity index (χ2n) is 5.19. The lowest BCUT2D eigenvalue weighted by molar-refractivity contribution is 0.231. The van der Waals surface area contributed by atoms with Crippen molar-refractivity contribution in [3.63, 3.8) is 0 Å². The van der Waals surface area contributed by atoms with Crippen LogP contribution >= 0.6 is 0 Å². The lowest BCUT2D eigenvalue weighted by Gasteiger charge is -2.36. The number of anilines is 1. The standard InChI is InChI=1S/C14H20N4/c1-12(2)11-17-5-7-18(8-6-17)14-3-4-16-13(9-14)10-15/h3-4,9,12H,5-8,11H2,1-2H3. The highest BCUT2D eigenvalue weighted by Gasteiger charge is 2.17. The van der Waals surface area contributed by atoms with Crippen molar-refractivity contribution >= 4 is 5.69 Å². The number of hydrogen-bond acceptors (Lipinski definition) is 4. The van der Waals surface area contributed by atoms with E-state index >= 15 is 0 Å². The van der Waals surface area contributed by atoms with Crippen LogP contribution in [0.3, 0.4) is 0 Å². The summed E-state index contributed by atoms with van der Waals surface area (Å²) in [6, 6.07) is 5.95. The summed E-state index contributed by atoms with van der Waals surface area (Å²) in [5, 5.41) is 8.86. The molecule has 1 aromatic rings. The summed E-state index contributed by atoms with van der Waals surface area (Å²) < 4.78 is 0. The van der Waals surface area contributed by atoms with E-state index in [1.807, 2.05) is 12.1 Å². The maximum atomic E-state index is 8.86. The fourth-order valence-corrected chi connectivity index (χ4v) is 2.38. The third-order valence-electron chi connectivity index (χ3n) is 3.22. The van der Waals surface area contributed by atoms with E-state index in [1.54, 1.807) is 6.20 Å². The number of hydrogen-bond donors (Lipinski definition) is 0. The summed E-state index contributed by atoms with van der Waals surface area (Å²) in [4.78, 5) is 8.85. The quantitative estimate of drug-likeness (QED) is 0.812. The van der Waals surface area contributed by atoms with Gasteiger partial charge in [-0.1, -0.05) is 13.8 Å². The molecule has 0 unspecified atom stereocenters. The van der Waals surface area contributed by atoms with Crippen molar-refractivity contribution in [1.82, 2.24) is 9.88 Å². The molecule has 0 radical (unpaired) electrons. The molecule has 1 saturated heterocycles. The Balaban J connectivity index is 1.95. The van der Waals surface area contributed by atoms with E-state index in [4.69, 9.17) is 5.26 Å². The normalized spacial score (nSPS) is 16.9. The first-order valence-electron chi connectivity index (χ1n) is 6.52. The molecule has 0 saturated carbocycles. The van der Waals surface area contributed by atoms with Gasteiger partial charge in [-0.3, -0.25) is 4.90 Å². The van der Waals surface area contributed by atoms with Gasteiger partial charge in [-0.2, -0.15) is 5.26 Å². The van der Waals surface area contributed by atoms with Crippen molar-refractivity contribution in [1.29, 1.82) is 5.26 Å². The summed E-state index contributed by atoms with van der Waals surface area (Å²) >= 11 is 0. The highest BCUT2D eigenvalue weighted by Crippen LogP contribution is 2.16. The number of piperazine rings is 1. The first-order chi connectivity index (χ1) is 8.69. The molecule has 96 valence electrons. The minimum absolute atomic E-state index is 0.497. The zero-order valence-electron chi connectivity index (χ0n) is 11.1. The van der Waals surface area contributed by atoms with Crippen LogP contribution in [0.5, 0.6) is 0 Å². The Morgan fingerprint density at radius 3 is 2.67 bits per heavy atom. The fraction of sp³-hybridized carbons (Fsp3) is 0.571. The molecule has 0 atom stereocenters. The highest BCUT2D eigenvalue weighted by molar-refractivity contribution is 5.49. The molecule has 0 bridgehead atoms. The number of pyridine rings is 1. The topological polar surface area (TPSA) is 43.2 Å². The van der Waals surface area contributed by atoms with Crippen LogP contribution in [0.4, 0.5) is 5.69 Å². The molecular formula is C14H20N4. The zero-order valence-corrected chi connectivity index (χ0v) is 11.1. The van der Waals surface area contributed by atoms with E-state index in [2.05, 4.69) is 34.7 Å². The van der Waals surface area contributed by atoms with Gasteiger partial charge in [0.2, 0.25) is 0 Å². The van der Waals surface area contributed by atoms with Gasteiger partial charge < -0.3 is 4.90 Å². The maximum absolute atomic E-state index is 8.86. The van der Waals surface area contributed by atoms with Crippen molar-refractivity contribution in [2.24, 2.45) is 5.92 Å². The minimum atomic E-state index is 0.497. The summed E-state index contributed by atoms with van der Waals surface area (Å²) in [6.45, 7) is 9.95. The van der Waals surface area contributed by atoms with Crippen molar-refractivity contribution in [3.8, 4) is 6.07 Å². The van der Waals surface area contributed by atoms with Crippen molar-refractivity contribution in [2.45, 2.75) is 13.8 Å². The molecule has 0 aliphatic carbocycles. The summed E-state index contributed by atoms with van der Waals surface area (Å²) in [7, 11) is 0. The Labute approximate surface area is 109 Å². The van der Waals surface area contributed by atoms with Crippen LogP contribution in [-0.2, 0) is 0 Å². The molecule has 4 nitrogen and oxygen atoms in total. The van der Waals surface area contributed by atoms with Gasteiger partial charge in [0, 0.05) is 44.6 Å². The lowest BCUT2D eigenvalue weighted by Crippen LogP contribution is -2.47. The van der Waals surface area contributed by atoms with E-state index in [1.165, 1.54) is 6.54 Å². The van der Waals surface area contributed by atoms with Crippen molar-refractivity contribution in [3.05, 3.63) is 24.0 Å². The van der Waals surface area contributed by atoms with Gasteiger partial charge in [0.05, 0.1) is 0 Å². The van der Waals surface area contributed by atoms with Crippen LogP contribution in [0.2, 0.25) is 0 Å². The second-order valence-corrected chi connectivity index (χ2v) is 5.19. The van der Waals surface area contributed by atoms with Crippen LogP contribution in [0, 0.1) is 17.2 Å². The van der Waals surface area contributed by atoms with Crippen molar-refractivity contribution < 1.29 is 0 Å². The Kier molecular flexibility index (Phi) is 4.16. The number of rotatable bonds is 3. The molecular weight excluding hydrogens is 224 g/mol. The largest absolute Gasteiger partial charge is 0.369 e. The second kappa shape index (κ2) is 5.83. The first kappa shape index (κ1) is 12.8. The molecule has 1 fully saturated rings. The molecule has 2 heterocycles. The zero-order chi connectivity index (χ0) is 13.0. The van der Waals surface area contributed by atoms with Gasteiger partial charge in [0.15, 0.2) is 0 Å². The van der Waals surface area contributed by atoms with E-state index in [9.17, 15) is 0 Å². The number of nitrogens with zero attached hydrogens (tertiary/aromatic N) is 4. The molecule has 1 aromatic heterocycles. The van der Waals surface area contributed by atoms with Crippen molar-refractivity contribution in [2.75, 3.05) is 37.6 Å². The predicted molar refractivity (Wildman–Crippen MR) is 72.4 cm³/mol. The van der Waals surface area contributed by atoms with Crippen LogP contribution in [0.15, 0.2) is 18.3 Å². The number of aromatic nitrogens is 1. The van der Waals surface area contributed by atoms with Gasteiger partial charge in [0.25, 0.3) is 0 Å². The average molecular weight is 244 g/mol. The first-order valence-corrected chi connectivity index (χ1v) is 6.52. The fourth-order valence-electron chi connectivity index (χ4n) is 2.38. The van der Waals surface area contributed by atoms with E-state index < -0.39 is 0 Å². The summed E-state index contributed by atoms with van der Waals surface area (Å²) in [6.07, 6.45) is 1.72. The van der Waals surface area contributed by atoms with Crippen LogP contribution in [-0.4, -0.2) is 42.6 Å². The van der Waals surface area contributed by atoms with E-state index in [-0.39, 0.29) is 0 Å². The third-order valence-corrected chi connectivity index (χ3v) is 3.22. The molecule has 1 aliphatic rings. The Morgan fingerprint density at radius 2 is 2.06 bits per heavy atom. The highest BCUT2D eigenvalue weighted by atomic mass is 15.3. The Bertz CT molecular complexity index is 428. The molecule has 4 heteroatoms. The summed E-state index contributed by atoms with van der Waals surface area (Å²) in [5.74, 6) is 0.725. The molecule has 0 amide bonds. The van der Waals surface area contributed by atoms with Crippen LogP contribution in [0.1, 0.15) is 19.5 Å². The smallest absolute Gasteiger partial charge is 0.142 e. The van der Waals surface area contributed by atoms with E-state index in [0.717, 1.165) is 37.8 Å². The third kappa shape index (κ3) is 3.21. The molecule has 0 spiro atoms. The lowest BCUT2D eigenvalue weighted by atomic mass is 10.2. The Hall–Kier alpha value is -1.60. The minimum Gasteiger partial charge on any atom is -0.369 e. The van der Waals surface area contributed by atoms with Gasteiger partial charge in [-0.25, -0.2) is 4.98 Å².